The maximum atomic E-state index is 10.3. The standard InChI is InChI=1S/C20H25NO2/c1-16-7-5-6-10-20(16)23-15-19(22)14-21-12-11-18(13-21)17-8-3-2-4-9-17/h2-10,18-19,22H,11-15H2,1H3/t18-,19+/m0/s1. The smallest absolute Gasteiger partial charge is 0.122 e. The van der Waals surface area contributed by atoms with Crippen LogP contribution in [0, 0.1) is 6.92 Å². The summed E-state index contributed by atoms with van der Waals surface area (Å²) in [5, 5.41) is 10.3. The molecule has 3 rings (SSSR count). The summed E-state index contributed by atoms with van der Waals surface area (Å²) >= 11 is 0. The van der Waals surface area contributed by atoms with Gasteiger partial charge in [-0.1, -0.05) is 48.5 Å². The molecule has 1 saturated heterocycles. The molecule has 2 aromatic carbocycles. The number of aliphatic hydroxyl groups is 1. The zero-order chi connectivity index (χ0) is 16.1. The van der Waals surface area contributed by atoms with Crippen molar-refractivity contribution in [1.82, 2.24) is 4.90 Å². The van der Waals surface area contributed by atoms with Crippen LogP contribution in [-0.2, 0) is 0 Å². The van der Waals surface area contributed by atoms with Gasteiger partial charge in [-0.2, -0.15) is 0 Å². The largest absolute Gasteiger partial charge is 0.491 e. The Bertz CT molecular complexity index is 614. The number of benzene rings is 2. The van der Waals surface area contributed by atoms with Crippen LogP contribution in [0.2, 0.25) is 0 Å². The van der Waals surface area contributed by atoms with E-state index in [1.54, 1.807) is 0 Å². The molecule has 0 amide bonds. The van der Waals surface area contributed by atoms with Gasteiger partial charge in [0.15, 0.2) is 0 Å². The van der Waals surface area contributed by atoms with E-state index in [2.05, 4.69) is 35.2 Å². The fourth-order valence-electron chi connectivity index (χ4n) is 3.25. The van der Waals surface area contributed by atoms with Crippen molar-refractivity contribution in [2.75, 3.05) is 26.2 Å². The van der Waals surface area contributed by atoms with Gasteiger partial charge in [-0.15, -0.1) is 0 Å². The minimum atomic E-state index is -0.455. The number of rotatable bonds is 6. The number of aliphatic hydroxyl groups excluding tert-OH is 1. The Hall–Kier alpha value is -1.84. The van der Waals surface area contributed by atoms with E-state index >= 15 is 0 Å². The predicted molar refractivity (Wildman–Crippen MR) is 92.9 cm³/mol. The molecule has 1 heterocycles. The Kier molecular flexibility index (Phi) is 5.31. The molecule has 0 unspecified atom stereocenters. The van der Waals surface area contributed by atoms with Crippen LogP contribution in [0.4, 0.5) is 0 Å². The Morgan fingerprint density at radius 2 is 1.87 bits per heavy atom. The summed E-state index contributed by atoms with van der Waals surface area (Å²) in [5.74, 6) is 1.44. The second-order valence-electron chi connectivity index (χ2n) is 6.39. The van der Waals surface area contributed by atoms with Gasteiger partial charge >= 0.3 is 0 Å². The van der Waals surface area contributed by atoms with Gasteiger partial charge in [0.25, 0.3) is 0 Å². The Balaban J connectivity index is 1.46. The summed E-state index contributed by atoms with van der Waals surface area (Å²) in [6.07, 6.45) is 0.708. The summed E-state index contributed by atoms with van der Waals surface area (Å²) in [6, 6.07) is 18.6. The van der Waals surface area contributed by atoms with E-state index in [0.29, 0.717) is 19.1 Å². The van der Waals surface area contributed by atoms with Crippen LogP contribution < -0.4 is 4.74 Å². The topological polar surface area (TPSA) is 32.7 Å². The number of para-hydroxylation sites is 1. The van der Waals surface area contributed by atoms with E-state index < -0.39 is 6.10 Å². The first-order chi connectivity index (χ1) is 11.2. The maximum absolute atomic E-state index is 10.3. The maximum Gasteiger partial charge on any atom is 0.122 e. The van der Waals surface area contributed by atoms with Crippen molar-refractivity contribution in [3.63, 3.8) is 0 Å². The number of likely N-dealkylation sites (tertiary alicyclic amines) is 1. The van der Waals surface area contributed by atoms with Crippen LogP contribution in [-0.4, -0.2) is 42.4 Å². The number of hydrogen-bond donors (Lipinski definition) is 1. The highest BCUT2D eigenvalue weighted by atomic mass is 16.5. The Morgan fingerprint density at radius 1 is 1.13 bits per heavy atom. The lowest BCUT2D eigenvalue weighted by Crippen LogP contribution is -2.34. The molecule has 3 heteroatoms. The van der Waals surface area contributed by atoms with E-state index in [0.717, 1.165) is 30.8 Å². The van der Waals surface area contributed by atoms with Crippen molar-refractivity contribution in [3.8, 4) is 5.75 Å². The third-order valence-electron chi connectivity index (χ3n) is 4.54. The molecule has 122 valence electrons. The molecular weight excluding hydrogens is 286 g/mol. The van der Waals surface area contributed by atoms with Gasteiger partial charge in [0.1, 0.15) is 18.5 Å². The third kappa shape index (κ3) is 4.34. The highest BCUT2D eigenvalue weighted by molar-refractivity contribution is 5.31. The van der Waals surface area contributed by atoms with Crippen LogP contribution in [0.5, 0.6) is 5.75 Å². The molecule has 3 nitrogen and oxygen atoms in total. The van der Waals surface area contributed by atoms with E-state index in [-0.39, 0.29) is 0 Å². The molecule has 23 heavy (non-hydrogen) atoms. The van der Waals surface area contributed by atoms with Crippen molar-refractivity contribution in [1.29, 1.82) is 0 Å². The second kappa shape index (κ2) is 7.62. The summed E-state index contributed by atoms with van der Waals surface area (Å²) in [7, 11) is 0. The number of aryl methyl sites for hydroxylation is 1. The highest BCUT2D eigenvalue weighted by Gasteiger charge is 2.25. The molecule has 1 fully saturated rings. The van der Waals surface area contributed by atoms with Gasteiger partial charge in [-0.3, -0.25) is 0 Å². The second-order valence-corrected chi connectivity index (χ2v) is 6.39. The van der Waals surface area contributed by atoms with Gasteiger partial charge < -0.3 is 14.7 Å². The first-order valence-electron chi connectivity index (χ1n) is 8.36. The van der Waals surface area contributed by atoms with Crippen molar-refractivity contribution >= 4 is 0 Å². The Morgan fingerprint density at radius 3 is 2.65 bits per heavy atom. The summed E-state index contributed by atoms with van der Waals surface area (Å²) < 4.78 is 5.74. The van der Waals surface area contributed by atoms with Gasteiger partial charge in [-0.05, 0) is 43.0 Å². The van der Waals surface area contributed by atoms with Crippen LogP contribution >= 0.6 is 0 Å². The minimum Gasteiger partial charge on any atom is -0.491 e. The van der Waals surface area contributed by atoms with E-state index in [1.165, 1.54) is 5.56 Å². The zero-order valence-corrected chi connectivity index (χ0v) is 13.7. The van der Waals surface area contributed by atoms with Crippen molar-refractivity contribution in [3.05, 3.63) is 65.7 Å². The summed E-state index contributed by atoms with van der Waals surface area (Å²) in [5.41, 5.74) is 2.51. The van der Waals surface area contributed by atoms with Crippen LogP contribution in [0.1, 0.15) is 23.5 Å². The molecule has 1 N–H and O–H groups in total. The van der Waals surface area contributed by atoms with Gasteiger partial charge in [0, 0.05) is 13.1 Å². The molecule has 1 aliphatic rings. The fourth-order valence-corrected chi connectivity index (χ4v) is 3.25. The monoisotopic (exact) mass is 311 g/mol. The molecular formula is C20H25NO2. The van der Waals surface area contributed by atoms with Gasteiger partial charge in [0.05, 0.1) is 0 Å². The molecule has 1 aliphatic heterocycles. The normalized spacial score (nSPS) is 19.7. The van der Waals surface area contributed by atoms with Crippen LogP contribution in [0.3, 0.4) is 0 Å². The highest BCUT2D eigenvalue weighted by Crippen LogP contribution is 2.27. The molecule has 0 saturated carbocycles. The molecule has 2 atom stereocenters. The number of hydrogen-bond acceptors (Lipinski definition) is 3. The van der Waals surface area contributed by atoms with Crippen LogP contribution in [0.25, 0.3) is 0 Å². The summed E-state index contributed by atoms with van der Waals surface area (Å²) in [6.45, 7) is 5.10. The quantitative estimate of drug-likeness (QED) is 0.889. The fraction of sp³-hybridized carbons (Fsp3) is 0.400. The lowest BCUT2D eigenvalue weighted by molar-refractivity contribution is 0.0752. The molecule has 0 bridgehead atoms. The Labute approximate surface area is 138 Å². The lowest BCUT2D eigenvalue weighted by atomic mass is 9.99. The van der Waals surface area contributed by atoms with Crippen molar-refractivity contribution < 1.29 is 9.84 Å². The van der Waals surface area contributed by atoms with Crippen LogP contribution in [0.15, 0.2) is 54.6 Å². The molecule has 0 aliphatic carbocycles. The van der Waals surface area contributed by atoms with E-state index in [1.807, 2.05) is 31.2 Å². The summed E-state index contributed by atoms with van der Waals surface area (Å²) in [4.78, 5) is 2.34. The molecule has 0 aromatic heterocycles. The average molecular weight is 311 g/mol. The number of ether oxygens (including phenoxy) is 1. The first kappa shape index (κ1) is 16.0. The third-order valence-corrected chi connectivity index (χ3v) is 4.54. The SMILES string of the molecule is Cc1ccccc1OC[C@H](O)CN1CC[C@H](c2ccccc2)C1. The molecule has 0 radical (unpaired) electrons. The molecule has 0 spiro atoms. The number of nitrogens with zero attached hydrogens (tertiary/aromatic N) is 1. The van der Waals surface area contributed by atoms with E-state index in [4.69, 9.17) is 4.74 Å². The zero-order valence-electron chi connectivity index (χ0n) is 13.7. The number of β-amino-alcohol motifs (C(OH)–C–C–N with tert-alkyl or cyclic N) is 1. The lowest BCUT2D eigenvalue weighted by Gasteiger charge is -2.21. The minimum absolute atomic E-state index is 0.345. The van der Waals surface area contributed by atoms with E-state index in [9.17, 15) is 5.11 Å². The predicted octanol–water partition coefficient (Wildman–Crippen LogP) is 3.22. The average Bonchev–Trinajstić information content (AvgIpc) is 3.03. The first-order valence-corrected chi connectivity index (χ1v) is 8.36. The van der Waals surface area contributed by atoms with Gasteiger partial charge in [0.2, 0.25) is 0 Å². The van der Waals surface area contributed by atoms with Gasteiger partial charge in [-0.25, -0.2) is 0 Å². The molecule has 2 aromatic rings. The van der Waals surface area contributed by atoms with Crippen molar-refractivity contribution in [2.45, 2.75) is 25.4 Å². The van der Waals surface area contributed by atoms with Crippen molar-refractivity contribution in [2.24, 2.45) is 0 Å².